The summed E-state index contributed by atoms with van der Waals surface area (Å²) in [6, 6.07) is 3.16. The number of thiol groups is 1. The Balaban J connectivity index is 0.000000371. The molecule has 1 atom stereocenters. The molecule has 0 bridgehead atoms. The van der Waals surface area contributed by atoms with Crippen molar-refractivity contribution in [1.82, 2.24) is 14.8 Å². The maximum absolute atomic E-state index is 15.0. The summed E-state index contributed by atoms with van der Waals surface area (Å²) in [4.78, 5) is 38.1. The zero-order chi connectivity index (χ0) is 42.7. The molecule has 0 spiro atoms. The lowest BCUT2D eigenvalue weighted by molar-refractivity contribution is -0.140. The van der Waals surface area contributed by atoms with Crippen molar-refractivity contribution in [2.75, 3.05) is 39.5 Å². The minimum absolute atomic E-state index is 0.00510. The molecule has 7 nitrogen and oxygen atoms in total. The second kappa shape index (κ2) is 21.0. The number of ether oxygens (including phenoxy) is 1. The Morgan fingerprint density at radius 2 is 1.54 bits per heavy atom. The van der Waals surface area contributed by atoms with E-state index < -0.39 is 63.8 Å². The van der Waals surface area contributed by atoms with Crippen LogP contribution in [0, 0.1) is 31.4 Å². The van der Waals surface area contributed by atoms with Crippen molar-refractivity contribution in [3.05, 3.63) is 96.9 Å². The van der Waals surface area contributed by atoms with E-state index in [0.717, 1.165) is 24.1 Å². The molecule has 56 heavy (non-hydrogen) atoms. The molecule has 17 heteroatoms. The minimum atomic E-state index is -5.06. The SMILES string of the molecule is CCOC(=O)/C=C\c1c(F)c(-c2c(C)cc(Cl)cc2C)cc(C(F)(F)F)c1F.CNC(=O)C(CC(C)C)n1cc(CCN2CCC2)c(C(F)(F)F)cc1=O.CS. The Bertz CT molecular complexity index is 1900. The zero-order valence-electron chi connectivity index (χ0n) is 32.0. The van der Waals surface area contributed by atoms with Gasteiger partial charge in [-0.15, -0.1) is 0 Å². The van der Waals surface area contributed by atoms with Gasteiger partial charge in [0.05, 0.1) is 17.7 Å². The predicted molar refractivity (Wildman–Crippen MR) is 205 cm³/mol. The van der Waals surface area contributed by atoms with Crippen molar-refractivity contribution < 1.29 is 49.4 Å². The van der Waals surface area contributed by atoms with Crippen LogP contribution < -0.4 is 10.9 Å². The van der Waals surface area contributed by atoms with Crippen LogP contribution in [0.25, 0.3) is 17.2 Å². The van der Waals surface area contributed by atoms with Gasteiger partial charge in [0, 0.05) is 48.1 Å². The van der Waals surface area contributed by atoms with E-state index in [1.165, 1.54) is 32.3 Å². The maximum Gasteiger partial charge on any atom is 0.419 e. The number of carbonyl (C=O) groups excluding carboxylic acids is 2. The van der Waals surface area contributed by atoms with Crippen LogP contribution in [0.1, 0.15) is 73.0 Å². The average Bonchev–Trinajstić information content (AvgIpc) is 3.07. The molecule has 3 aromatic rings. The summed E-state index contributed by atoms with van der Waals surface area (Å²) < 4.78 is 115. The summed E-state index contributed by atoms with van der Waals surface area (Å²) >= 11 is 9.46. The Labute approximate surface area is 331 Å². The number of halogens is 9. The first-order valence-electron chi connectivity index (χ1n) is 17.5. The van der Waals surface area contributed by atoms with Gasteiger partial charge in [-0.1, -0.05) is 25.4 Å². The highest BCUT2D eigenvalue weighted by Crippen LogP contribution is 2.41. The van der Waals surface area contributed by atoms with E-state index in [4.69, 9.17) is 11.6 Å². The van der Waals surface area contributed by atoms with E-state index in [1.54, 1.807) is 20.1 Å². The Morgan fingerprint density at radius 3 is 2.00 bits per heavy atom. The number of alkyl halides is 6. The quantitative estimate of drug-likeness (QED) is 0.0871. The second-order valence-electron chi connectivity index (χ2n) is 13.2. The standard InChI is InChI=1S/C20H16ClF5O2.C18H26F3N3O2.CH4S/c1-4-28-16(27)6-5-13-18(22)14(9-15(19(13)23)20(24,25)26)17-10(2)7-12(21)8-11(17)3;1-12(2)9-15(17(26)22-3)24-11-13(5-8-23-6-4-7-23)14(10-16(24)25)18(19,20)21;1-2/h5-9H,4H2,1-3H3;10-12,15H,4-9H2,1-3H3,(H,22,26);2H,1H3/b6-5-;;. The highest BCUT2D eigenvalue weighted by molar-refractivity contribution is 7.79. The number of rotatable bonds is 11. The molecule has 2 heterocycles. The van der Waals surface area contributed by atoms with Gasteiger partial charge in [0.2, 0.25) is 5.91 Å². The highest BCUT2D eigenvalue weighted by atomic mass is 35.5. The van der Waals surface area contributed by atoms with Crippen LogP contribution in [0.15, 0.2) is 41.3 Å². The number of hydrogen-bond acceptors (Lipinski definition) is 6. The van der Waals surface area contributed by atoms with Crippen molar-refractivity contribution in [2.24, 2.45) is 5.92 Å². The molecule has 1 aliphatic heterocycles. The fraction of sp³-hybridized carbons (Fsp3) is 0.462. The van der Waals surface area contributed by atoms with Crippen LogP contribution in [0.4, 0.5) is 35.1 Å². The molecule has 1 aromatic heterocycles. The fourth-order valence-electron chi connectivity index (χ4n) is 6.01. The van der Waals surface area contributed by atoms with Gasteiger partial charge in [0.15, 0.2) is 0 Å². The number of pyridine rings is 1. The predicted octanol–water partition coefficient (Wildman–Crippen LogP) is 9.49. The summed E-state index contributed by atoms with van der Waals surface area (Å²) in [5, 5.41) is 2.83. The largest absolute Gasteiger partial charge is 0.463 e. The molecule has 2 aromatic carbocycles. The molecule has 0 aliphatic carbocycles. The van der Waals surface area contributed by atoms with Crippen molar-refractivity contribution >= 4 is 42.2 Å². The third-order valence-corrected chi connectivity index (χ3v) is 8.89. The molecule has 1 aliphatic rings. The lowest BCUT2D eigenvalue weighted by Gasteiger charge is -2.31. The van der Waals surface area contributed by atoms with Crippen LogP contribution in [-0.4, -0.2) is 60.9 Å². The van der Waals surface area contributed by atoms with Gasteiger partial charge < -0.3 is 19.5 Å². The molecular weight excluding hydrogens is 794 g/mol. The van der Waals surface area contributed by atoms with Crippen molar-refractivity contribution in [3.63, 3.8) is 0 Å². The number of nitrogens with one attached hydrogen (secondary N) is 1. The van der Waals surface area contributed by atoms with E-state index >= 15 is 4.39 Å². The second-order valence-corrected chi connectivity index (χ2v) is 13.6. The molecule has 1 N–H and O–H groups in total. The van der Waals surface area contributed by atoms with Gasteiger partial charge in [-0.05, 0) is 112 Å². The number of carbonyl (C=O) groups is 2. The number of benzene rings is 2. The smallest absolute Gasteiger partial charge is 0.419 e. The van der Waals surface area contributed by atoms with Crippen LogP contribution in [0.3, 0.4) is 0 Å². The fourth-order valence-corrected chi connectivity index (χ4v) is 6.34. The van der Waals surface area contributed by atoms with E-state index in [2.05, 4.69) is 27.6 Å². The third-order valence-electron chi connectivity index (χ3n) is 8.67. The van der Waals surface area contributed by atoms with Gasteiger partial charge in [0.1, 0.15) is 17.7 Å². The highest BCUT2D eigenvalue weighted by Gasteiger charge is 2.38. The Hall–Kier alpha value is -3.89. The number of aryl methyl sites for hydroxylation is 2. The van der Waals surface area contributed by atoms with Gasteiger partial charge in [-0.25, -0.2) is 13.6 Å². The zero-order valence-corrected chi connectivity index (χ0v) is 33.7. The first-order chi connectivity index (χ1) is 26.1. The molecular formula is C39H46ClF8N3O4S. The van der Waals surface area contributed by atoms with Crippen molar-refractivity contribution in [2.45, 2.75) is 72.3 Å². The third kappa shape index (κ3) is 12.8. The van der Waals surface area contributed by atoms with E-state index in [1.807, 2.05) is 13.8 Å². The van der Waals surface area contributed by atoms with Gasteiger partial charge in [-0.3, -0.25) is 9.59 Å². The van der Waals surface area contributed by atoms with Crippen molar-refractivity contribution in [3.8, 4) is 11.1 Å². The molecule has 1 fully saturated rings. The molecule has 0 saturated carbocycles. The Kier molecular flexibility index (Phi) is 18.1. The number of aromatic nitrogens is 1. The summed E-state index contributed by atoms with van der Waals surface area (Å²) in [5.74, 6) is -4.23. The molecule has 310 valence electrons. The maximum atomic E-state index is 15.0. The first-order valence-corrected chi connectivity index (χ1v) is 18.8. The first kappa shape index (κ1) is 48.3. The summed E-state index contributed by atoms with van der Waals surface area (Å²) in [6.45, 7) is 10.7. The molecule has 1 saturated heterocycles. The molecule has 0 radical (unpaired) electrons. The van der Waals surface area contributed by atoms with Gasteiger partial charge in [0.25, 0.3) is 5.56 Å². The topological polar surface area (TPSA) is 80.6 Å². The monoisotopic (exact) mass is 839 g/mol. The van der Waals surface area contributed by atoms with Crippen LogP contribution in [0.2, 0.25) is 5.02 Å². The van der Waals surface area contributed by atoms with Gasteiger partial charge in [-0.2, -0.15) is 39.0 Å². The summed E-state index contributed by atoms with van der Waals surface area (Å²) in [5.41, 5.74) is -3.71. The number of likely N-dealkylation sites (N-methyl/N-ethyl adjacent to an activating group) is 1. The number of nitrogens with zero attached hydrogens (tertiary/aromatic N) is 2. The molecule has 1 unspecified atom stereocenters. The Morgan fingerprint density at radius 1 is 0.964 bits per heavy atom. The van der Waals surface area contributed by atoms with E-state index in [0.29, 0.717) is 53.4 Å². The summed E-state index contributed by atoms with van der Waals surface area (Å²) in [7, 11) is 1.45. The number of likely N-dealkylation sites (tertiary alicyclic amines) is 1. The van der Waals surface area contributed by atoms with Crippen LogP contribution in [-0.2, 0) is 33.1 Å². The van der Waals surface area contributed by atoms with Crippen LogP contribution in [0.5, 0.6) is 0 Å². The summed E-state index contributed by atoms with van der Waals surface area (Å²) in [6.07, 6.45) is -3.80. The number of hydrogen-bond donors (Lipinski definition) is 2. The average molecular weight is 840 g/mol. The normalized spacial score (nSPS) is 13.7. The molecule has 1 amide bonds. The van der Waals surface area contributed by atoms with E-state index in [-0.39, 0.29) is 36.0 Å². The lowest BCUT2D eigenvalue weighted by atomic mass is 9.91. The minimum Gasteiger partial charge on any atom is -0.463 e. The number of esters is 1. The van der Waals surface area contributed by atoms with Crippen molar-refractivity contribution in [1.29, 1.82) is 0 Å². The lowest BCUT2D eigenvalue weighted by Crippen LogP contribution is -2.39. The molecule has 4 rings (SSSR count). The number of amides is 1. The van der Waals surface area contributed by atoms with Gasteiger partial charge >= 0.3 is 18.3 Å². The van der Waals surface area contributed by atoms with Crippen LogP contribution >= 0.6 is 24.2 Å². The van der Waals surface area contributed by atoms with E-state index in [9.17, 15) is 45.1 Å².